The van der Waals surface area contributed by atoms with Gasteiger partial charge >= 0.3 is 21.1 Å². The van der Waals surface area contributed by atoms with Gasteiger partial charge in [-0.2, -0.15) is 0 Å². The van der Waals surface area contributed by atoms with Crippen molar-refractivity contribution in [1.29, 1.82) is 0 Å². The maximum atomic E-state index is 11.8. The van der Waals surface area contributed by atoms with Crippen molar-refractivity contribution in [3.8, 4) is 0 Å². The van der Waals surface area contributed by atoms with Crippen molar-refractivity contribution in [1.82, 2.24) is 9.44 Å². The molecule has 0 atom stereocenters. The molecule has 3 aromatic rings. The maximum absolute atomic E-state index is 11.8. The first-order valence-corrected chi connectivity index (χ1v) is 27.4. The van der Waals surface area contributed by atoms with Crippen molar-refractivity contribution in [3.63, 3.8) is 0 Å². The van der Waals surface area contributed by atoms with Gasteiger partial charge < -0.3 is 27.9 Å². The Labute approximate surface area is 417 Å². The van der Waals surface area contributed by atoms with Crippen LogP contribution in [0.2, 0.25) is 0 Å². The van der Waals surface area contributed by atoms with Crippen LogP contribution in [0.5, 0.6) is 0 Å². The lowest BCUT2D eigenvalue weighted by atomic mass is 9.49. The average molecular weight is 1130 g/mol. The van der Waals surface area contributed by atoms with E-state index in [1.807, 2.05) is 96.9 Å². The first-order chi connectivity index (χ1) is 30.2. The molecular formula is C42H65B3Br2ClFN2O12S3. The predicted molar refractivity (Wildman–Crippen MR) is 269 cm³/mol. The highest BCUT2D eigenvalue weighted by atomic mass is 79.9. The van der Waals surface area contributed by atoms with Crippen molar-refractivity contribution in [2.24, 2.45) is 0 Å². The summed E-state index contributed by atoms with van der Waals surface area (Å²) in [6.07, 6.45) is 0. The summed E-state index contributed by atoms with van der Waals surface area (Å²) in [7, 11) is -4.84. The molecule has 3 aromatic carbocycles. The largest absolute Gasteiger partial charge is 0.495 e. The molecule has 3 aliphatic rings. The number of hydrogen-bond donors (Lipinski definition) is 2. The molecule has 0 aliphatic carbocycles. The fourth-order valence-corrected chi connectivity index (χ4v) is 8.80. The predicted octanol–water partition coefficient (Wildman–Crippen LogP) is 8.39. The molecule has 0 radical (unpaired) electrons. The molecular weight excluding hydrogens is 1070 g/mol. The van der Waals surface area contributed by atoms with E-state index in [1.54, 1.807) is 49.4 Å². The second kappa shape index (κ2) is 22.3. The number of hydrogen-bond acceptors (Lipinski definition) is 12. The number of nitrogens with one attached hydrogen (secondary N) is 2. The summed E-state index contributed by atoms with van der Waals surface area (Å²) in [5, 5.41) is 0. The molecule has 0 spiro atoms. The molecule has 14 nitrogen and oxygen atoms in total. The van der Waals surface area contributed by atoms with Crippen LogP contribution < -0.4 is 14.9 Å². The van der Waals surface area contributed by atoms with Crippen molar-refractivity contribution in [2.45, 2.75) is 152 Å². The molecule has 0 saturated carbocycles. The van der Waals surface area contributed by atoms with Gasteiger partial charge in [0.15, 0.2) is 0 Å². The van der Waals surface area contributed by atoms with E-state index in [-0.39, 0.29) is 37.1 Å². The molecule has 370 valence electrons. The highest BCUT2D eigenvalue weighted by Crippen LogP contribution is 2.43. The van der Waals surface area contributed by atoms with Gasteiger partial charge in [0.2, 0.25) is 20.0 Å². The van der Waals surface area contributed by atoms with Crippen molar-refractivity contribution in [3.05, 3.63) is 80.2 Å². The number of halogens is 4. The Balaban J connectivity index is 0.000000307. The standard InChI is InChI=1S/C14H22BNO4S.C12H24B2O4.C8H10BrNO2S.C7H6BrClO2S.CH3F/c1-10-9-11(21(17,18)16-6)7-8-12(10)15-19-13(2,3)14(4,5)20-15;1-9(2)10(3,4)16-13(15-9)14-17-11(5,6)12(7,8)18-14;1-6-5-7(3-4-8(6)9)13(11,12)10-2;1-5-4-6(12(9,10)11)2-3-7(5)8;1-2/h7-9,16H,1-6H3;1-8H3;3-5,10H,1-2H3;2-4H,1H3;1H3/i;;;;1D. The first kappa shape index (κ1) is 58.9. The van der Waals surface area contributed by atoms with Crippen LogP contribution in [-0.4, -0.2) is 101 Å². The smallest absolute Gasteiger partial charge is 0.405 e. The third kappa shape index (κ3) is 14.8. The number of sulfonamides is 2. The van der Waals surface area contributed by atoms with Gasteiger partial charge in [0.25, 0.3) is 9.05 Å². The van der Waals surface area contributed by atoms with E-state index in [4.69, 9.17) is 40.0 Å². The van der Waals surface area contributed by atoms with Crippen LogP contribution in [0, 0.1) is 20.8 Å². The van der Waals surface area contributed by atoms with Crippen LogP contribution in [0.15, 0.2) is 78.2 Å². The first-order valence-electron chi connectivity index (χ1n) is 21.3. The third-order valence-corrected chi connectivity index (χ3v) is 18.2. The van der Waals surface area contributed by atoms with E-state index in [2.05, 4.69) is 41.3 Å². The lowest BCUT2D eigenvalue weighted by Gasteiger charge is -2.32. The number of benzene rings is 3. The molecule has 24 heteroatoms. The minimum absolute atomic E-state index is 0.130. The van der Waals surface area contributed by atoms with Crippen LogP contribution in [0.3, 0.4) is 0 Å². The zero-order valence-corrected chi connectivity index (χ0v) is 47.1. The van der Waals surface area contributed by atoms with Crippen molar-refractivity contribution >= 4 is 98.2 Å². The third-order valence-electron chi connectivity index (χ3n) is 12.2. The van der Waals surface area contributed by atoms with E-state index in [0.29, 0.717) is 0 Å². The lowest BCUT2D eigenvalue weighted by molar-refractivity contribution is 0.00578. The Bertz CT molecular complexity index is 2460. The highest BCUT2D eigenvalue weighted by Gasteiger charge is 2.63. The van der Waals surface area contributed by atoms with E-state index < -0.39 is 68.6 Å². The quantitative estimate of drug-likeness (QED) is 0.171. The maximum Gasteiger partial charge on any atom is 0.495 e. The van der Waals surface area contributed by atoms with Crippen LogP contribution >= 0.6 is 42.5 Å². The van der Waals surface area contributed by atoms with Gasteiger partial charge in [-0.3, -0.25) is 4.39 Å². The van der Waals surface area contributed by atoms with Gasteiger partial charge in [-0.1, -0.05) is 43.5 Å². The zero-order valence-electron chi connectivity index (χ0n) is 41.8. The van der Waals surface area contributed by atoms with Crippen molar-refractivity contribution in [2.75, 3.05) is 21.2 Å². The summed E-state index contributed by atoms with van der Waals surface area (Å²) in [5.74, 6) is 0. The van der Waals surface area contributed by atoms with Gasteiger partial charge in [-0.25, -0.2) is 34.7 Å². The summed E-state index contributed by atoms with van der Waals surface area (Å²) in [6.45, 7) is 29.7. The Hall–Kier alpha value is -1.44. The van der Waals surface area contributed by atoms with Crippen LogP contribution in [-0.2, 0) is 57.0 Å². The molecule has 3 aliphatic heterocycles. The van der Waals surface area contributed by atoms with E-state index in [1.165, 1.54) is 26.2 Å². The van der Waals surface area contributed by atoms with E-state index in [0.717, 1.165) is 31.1 Å². The Morgan fingerprint density at radius 3 is 1.09 bits per heavy atom. The fourth-order valence-electron chi connectivity index (χ4n) is 5.84. The molecule has 0 amide bonds. The second-order valence-corrected chi connectivity index (χ2v) is 26.6. The van der Waals surface area contributed by atoms with Gasteiger partial charge in [0.05, 0.1) is 56.8 Å². The summed E-state index contributed by atoms with van der Waals surface area (Å²) >= 11 is 6.56. The van der Waals surface area contributed by atoms with E-state index >= 15 is 0 Å². The fraction of sp³-hybridized carbons (Fsp3) is 0.571. The van der Waals surface area contributed by atoms with Crippen LogP contribution in [0.4, 0.5) is 4.39 Å². The molecule has 0 aromatic heterocycles. The summed E-state index contributed by atoms with van der Waals surface area (Å²) in [6, 6.07) is 14.5. The summed E-state index contributed by atoms with van der Waals surface area (Å²) in [5.41, 5.74) is 1.15. The van der Waals surface area contributed by atoms with Crippen molar-refractivity contribution < 1.29 is 58.9 Å². The summed E-state index contributed by atoms with van der Waals surface area (Å²) < 4.78 is 126. The zero-order chi connectivity index (χ0) is 52.2. The van der Waals surface area contributed by atoms with Crippen LogP contribution in [0.25, 0.3) is 0 Å². The molecule has 3 heterocycles. The second-order valence-electron chi connectivity index (χ2n) is 18.5. The molecule has 0 unspecified atom stereocenters. The molecule has 6 rings (SSSR count). The Morgan fingerprint density at radius 1 is 0.530 bits per heavy atom. The van der Waals surface area contributed by atoms with Crippen LogP contribution in [0.1, 0.15) is 101 Å². The lowest BCUT2D eigenvalue weighted by Crippen LogP contribution is -2.41. The molecule has 0 bridgehead atoms. The topological polar surface area (TPSA) is 182 Å². The number of aryl methyl sites for hydroxylation is 3. The molecule has 66 heavy (non-hydrogen) atoms. The molecule has 3 fully saturated rings. The molecule has 3 saturated heterocycles. The highest BCUT2D eigenvalue weighted by molar-refractivity contribution is 9.10. The minimum Gasteiger partial charge on any atom is -0.405 e. The SMILES string of the molecule is CC1(C)OB(B2OC(C)(C)C(C)(C)O2)OC1(C)C.CNS(=O)(=O)c1ccc(B2OC(C)(C)C(C)(C)O2)c(C)c1.CNS(=O)(=O)c1ccc(Br)c(C)c1.Cc1cc(S(=O)(=O)Cl)ccc1Br.[2H]CF. The van der Waals surface area contributed by atoms with Gasteiger partial charge in [-0.05, 0) is 183 Å². The minimum atomic E-state index is -3.59. The van der Waals surface area contributed by atoms with E-state index in [9.17, 15) is 29.6 Å². The monoisotopic (exact) mass is 1130 g/mol. The Kier molecular flexibility index (Phi) is 19.9. The molecule has 2 N–H and O–H groups in total. The normalized spacial score (nSPS) is 20.0. The Morgan fingerprint density at radius 2 is 0.803 bits per heavy atom. The van der Waals surface area contributed by atoms with Gasteiger partial charge in [-0.15, -0.1) is 0 Å². The van der Waals surface area contributed by atoms with Gasteiger partial charge in [0.1, 0.15) is 0 Å². The van der Waals surface area contributed by atoms with Gasteiger partial charge in [0, 0.05) is 19.6 Å². The number of rotatable bonds is 7. The average Bonchev–Trinajstić information content (AvgIpc) is 3.66. The summed E-state index contributed by atoms with van der Waals surface area (Å²) in [4.78, 5) is 0.656. The number of alkyl halides is 1.